The molecule has 0 unspecified atom stereocenters. The normalized spacial score (nSPS) is 11.6. The number of halogens is 2. The van der Waals surface area contributed by atoms with E-state index in [2.05, 4.69) is 155 Å². The van der Waals surface area contributed by atoms with Crippen molar-refractivity contribution in [1.29, 1.82) is 0 Å². The maximum Gasteiger partial charge on any atom is 0.146 e. The van der Waals surface area contributed by atoms with Gasteiger partial charge in [-0.25, -0.2) is 9.97 Å². The number of hydrogen-bond acceptors (Lipinski definition) is 2. The van der Waals surface area contributed by atoms with Crippen LogP contribution in [0.1, 0.15) is 33.4 Å². The maximum atomic E-state index is 5.23. The van der Waals surface area contributed by atoms with Gasteiger partial charge >= 0.3 is 0 Å². The van der Waals surface area contributed by atoms with Crippen molar-refractivity contribution in [2.45, 2.75) is 41.5 Å². The maximum absolute atomic E-state index is 5.23. The Labute approximate surface area is 274 Å². The van der Waals surface area contributed by atoms with Crippen LogP contribution in [0.2, 0.25) is 0 Å². The predicted molar refractivity (Wildman–Crippen MR) is 190 cm³/mol. The van der Waals surface area contributed by atoms with Crippen LogP contribution in [-0.2, 0) is 0 Å². The molecule has 0 saturated carbocycles. The first-order chi connectivity index (χ1) is 21.1. The van der Waals surface area contributed by atoms with Gasteiger partial charge in [0.15, 0.2) is 0 Å². The topological polar surface area (TPSA) is 35.6 Å². The minimum atomic E-state index is 0.932. The van der Waals surface area contributed by atoms with Crippen LogP contribution in [0.4, 0.5) is 0 Å². The summed E-state index contributed by atoms with van der Waals surface area (Å²) in [7, 11) is 0. The van der Waals surface area contributed by atoms with Crippen LogP contribution in [0.15, 0.2) is 93.9 Å². The number of aryl methyl sites for hydroxylation is 6. The second kappa shape index (κ2) is 10.9. The van der Waals surface area contributed by atoms with Gasteiger partial charge in [0.1, 0.15) is 11.6 Å². The zero-order valence-corrected chi connectivity index (χ0v) is 28.8. The van der Waals surface area contributed by atoms with E-state index >= 15 is 0 Å². The monoisotopic (exact) mass is 702 g/mol. The average Bonchev–Trinajstić information content (AvgIpc) is 3.53. The Morgan fingerprint density at radius 3 is 1.23 bits per heavy atom. The molecule has 0 N–H and O–H groups in total. The number of benzene rings is 5. The Morgan fingerprint density at radius 2 is 0.841 bits per heavy atom. The van der Waals surface area contributed by atoms with Gasteiger partial charge in [0.05, 0.1) is 22.1 Å². The number of imidazole rings is 2. The van der Waals surface area contributed by atoms with Gasteiger partial charge in [0, 0.05) is 31.4 Å². The number of rotatable bonds is 4. The van der Waals surface area contributed by atoms with Crippen molar-refractivity contribution in [3.63, 3.8) is 0 Å². The third-order valence-electron chi connectivity index (χ3n) is 8.40. The largest absolute Gasteiger partial charge is 0.291 e. The van der Waals surface area contributed by atoms with E-state index in [-0.39, 0.29) is 0 Å². The smallest absolute Gasteiger partial charge is 0.146 e. The van der Waals surface area contributed by atoms with Gasteiger partial charge in [-0.3, -0.25) is 9.13 Å². The van der Waals surface area contributed by atoms with Crippen LogP contribution < -0.4 is 0 Å². The molecule has 0 saturated heterocycles. The summed E-state index contributed by atoms with van der Waals surface area (Å²) < 4.78 is 6.60. The Morgan fingerprint density at radius 1 is 0.477 bits per heavy atom. The van der Waals surface area contributed by atoms with E-state index in [1.54, 1.807) is 0 Å². The highest BCUT2D eigenvalue weighted by Crippen LogP contribution is 2.39. The zero-order chi connectivity index (χ0) is 30.9. The Hall–Kier alpha value is -4.00. The molecular formula is C38H32Br2N4. The third kappa shape index (κ3) is 4.63. The Kier molecular flexibility index (Phi) is 7.10. The van der Waals surface area contributed by atoms with Crippen molar-refractivity contribution in [3.05, 3.63) is 127 Å². The third-order valence-corrected chi connectivity index (χ3v) is 9.68. The first-order valence-corrected chi connectivity index (χ1v) is 16.3. The lowest BCUT2D eigenvalue weighted by Crippen LogP contribution is -2.04. The van der Waals surface area contributed by atoms with Crippen molar-refractivity contribution in [3.8, 4) is 34.2 Å². The van der Waals surface area contributed by atoms with Gasteiger partial charge in [-0.05, 0) is 138 Å². The number of para-hydroxylation sites is 2. The van der Waals surface area contributed by atoms with Gasteiger partial charge in [-0.1, -0.05) is 53.6 Å². The summed E-state index contributed by atoms with van der Waals surface area (Å²) in [5.74, 6) is 1.86. The molecule has 6 heteroatoms. The summed E-state index contributed by atoms with van der Waals surface area (Å²) in [5.41, 5.74) is 15.7. The van der Waals surface area contributed by atoms with Crippen LogP contribution in [0, 0.1) is 41.5 Å². The van der Waals surface area contributed by atoms with Crippen molar-refractivity contribution in [2.24, 2.45) is 0 Å². The molecule has 0 aliphatic carbocycles. The number of nitrogens with zero attached hydrogens (tertiary/aromatic N) is 4. The molecule has 44 heavy (non-hydrogen) atoms. The van der Waals surface area contributed by atoms with E-state index in [0.29, 0.717) is 0 Å². The lowest BCUT2D eigenvalue weighted by atomic mass is 9.99. The predicted octanol–water partition coefficient (Wildman–Crippen LogP) is 11.1. The lowest BCUT2D eigenvalue weighted by molar-refractivity contribution is 1.05. The van der Waals surface area contributed by atoms with Crippen molar-refractivity contribution >= 4 is 53.9 Å². The van der Waals surface area contributed by atoms with Crippen molar-refractivity contribution < 1.29 is 0 Å². The Balaban J connectivity index is 1.55. The molecule has 0 amide bonds. The summed E-state index contributed by atoms with van der Waals surface area (Å²) in [6, 6.07) is 30.1. The van der Waals surface area contributed by atoms with Crippen molar-refractivity contribution in [2.75, 3.05) is 0 Å². The van der Waals surface area contributed by atoms with Crippen LogP contribution >= 0.6 is 31.9 Å². The highest BCUT2D eigenvalue weighted by molar-refractivity contribution is 9.11. The molecule has 218 valence electrons. The number of aromatic nitrogens is 4. The molecule has 2 heterocycles. The van der Waals surface area contributed by atoms with Crippen LogP contribution in [0.3, 0.4) is 0 Å². The molecule has 0 radical (unpaired) electrons. The minimum Gasteiger partial charge on any atom is -0.291 e. The molecule has 7 aromatic rings. The summed E-state index contributed by atoms with van der Waals surface area (Å²) in [6.45, 7) is 13.0. The van der Waals surface area contributed by atoms with Crippen LogP contribution in [-0.4, -0.2) is 19.1 Å². The highest BCUT2D eigenvalue weighted by atomic mass is 79.9. The number of hydrogen-bond donors (Lipinski definition) is 0. The fourth-order valence-corrected chi connectivity index (χ4v) is 7.91. The van der Waals surface area contributed by atoms with Gasteiger partial charge in [0.25, 0.3) is 0 Å². The van der Waals surface area contributed by atoms with Gasteiger partial charge < -0.3 is 0 Å². The molecule has 7 rings (SSSR count). The molecular weight excluding hydrogens is 672 g/mol. The van der Waals surface area contributed by atoms with E-state index in [1.165, 1.54) is 33.4 Å². The molecule has 4 nitrogen and oxygen atoms in total. The van der Waals surface area contributed by atoms with Crippen molar-refractivity contribution in [1.82, 2.24) is 19.1 Å². The SMILES string of the molecule is Cc1cc(C)c(-c2nc3cccc(Br)c3n2-c2cccc(-n3c(-c4c(C)cc(C)cc4C)nc4cccc(Br)c43)c2)c(C)c1. The van der Waals surface area contributed by atoms with Crippen LogP contribution in [0.5, 0.6) is 0 Å². The highest BCUT2D eigenvalue weighted by Gasteiger charge is 2.23. The van der Waals surface area contributed by atoms with Crippen LogP contribution in [0.25, 0.3) is 56.2 Å². The molecule has 0 spiro atoms. The summed E-state index contributed by atoms with van der Waals surface area (Å²) in [5, 5.41) is 0. The Bertz CT molecular complexity index is 2070. The summed E-state index contributed by atoms with van der Waals surface area (Å²) in [6.07, 6.45) is 0. The first-order valence-electron chi connectivity index (χ1n) is 14.7. The van der Waals surface area contributed by atoms with Gasteiger partial charge in [0.2, 0.25) is 0 Å². The molecule has 0 bridgehead atoms. The fraction of sp³-hybridized carbons (Fsp3) is 0.158. The molecule has 0 atom stereocenters. The average molecular weight is 705 g/mol. The minimum absolute atomic E-state index is 0.932. The van der Waals surface area contributed by atoms with Gasteiger partial charge in [-0.15, -0.1) is 0 Å². The van der Waals surface area contributed by atoms with Gasteiger partial charge in [-0.2, -0.15) is 0 Å². The van der Waals surface area contributed by atoms with E-state index < -0.39 is 0 Å². The summed E-state index contributed by atoms with van der Waals surface area (Å²) >= 11 is 7.72. The fourth-order valence-electron chi connectivity index (χ4n) is 6.85. The van der Waals surface area contributed by atoms with E-state index in [1.807, 2.05) is 12.1 Å². The summed E-state index contributed by atoms with van der Waals surface area (Å²) in [4.78, 5) is 10.5. The molecule has 0 aliphatic rings. The van der Waals surface area contributed by atoms with E-state index in [0.717, 1.165) is 65.2 Å². The molecule has 2 aromatic heterocycles. The first kappa shape index (κ1) is 28.8. The van der Waals surface area contributed by atoms with E-state index in [4.69, 9.17) is 9.97 Å². The lowest BCUT2D eigenvalue weighted by Gasteiger charge is -2.18. The second-order valence-electron chi connectivity index (χ2n) is 11.8. The molecule has 5 aromatic carbocycles. The zero-order valence-electron chi connectivity index (χ0n) is 25.6. The second-order valence-corrected chi connectivity index (χ2v) is 13.5. The number of fused-ring (bicyclic) bond motifs is 2. The van der Waals surface area contributed by atoms with E-state index in [9.17, 15) is 0 Å². The molecule has 0 aliphatic heterocycles. The standard InChI is InChI=1S/C38H32Br2N4/c1-21-16-23(3)33(24(4)17-21)37-41-31-14-8-12-29(39)35(31)43(37)27-10-7-11-28(20-27)44-36-30(40)13-9-15-32(36)42-38(44)34-25(5)18-22(2)19-26(34)6/h7-20H,1-6H3. The quantitative estimate of drug-likeness (QED) is 0.183. The molecule has 0 fully saturated rings.